The SMILES string of the molecule is CCN(C(=O)OC(C)(C)C)[C@@H](C)CN(C)C. The zero-order chi connectivity index (χ0) is 12.9. The fourth-order valence-corrected chi connectivity index (χ4v) is 1.57. The average molecular weight is 230 g/mol. The first-order valence-electron chi connectivity index (χ1n) is 5.81. The van der Waals surface area contributed by atoms with Crippen LogP contribution in [0.15, 0.2) is 0 Å². The Hall–Kier alpha value is -0.770. The van der Waals surface area contributed by atoms with Crippen LogP contribution in [-0.2, 0) is 4.74 Å². The standard InChI is InChI=1S/C12H26N2O2/c1-8-14(10(2)9-13(6)7)11(15)16-12(3,4)5/h10H,8-9H2,1-7H3/t10-/m0/s1. The smallest absolute Gasteiger partial charge is 0.410 e. The fraction of sp³-hybridized carbons (Fsp3) is 0.917. The Bertz CT molecular complexity index is 222. The topological polar surface area (TPSA) is 32.8 Å². The molecule has 0 saturated heterocycles. The molecule has 0 aliphatic heterocycles. The lowest BCUT2D eigenvalue weighted by Gasteiger charge is -2.32. The van der Waals surface area contributed by atoms with Gasteiger partial charge in [0, 0.05) is 19.1 Å². The molecule has 0 unspecified atom stereocenters. The molecule has 0 aromatic carbocycles. The van der Waals surface area contributed by atoms with E-state index >= 15 is 0 Å². The van der Waals surface area contributed by atoms with Crippen molar-refractivity contribution >= 4 is 6.09 Å². The lowest BCUT2D eigenvalue weighted by Crippen LogP contribution is -2.45. The molecule has 0 rings (SSSR count). The highest BCUT2D eigenvalue weighted by atomic mass is 16.6. The molecule has 0 aliphatic rings. The van der Waals surface area contributed by atoms with Crippen LogP contribution in [0.4, 0.5) is 4.79 Å². The zero-order valence-electron chi connectivity index (χ0n) is 11.7. The van der Waals surface area contributed by atoms with Crippen LogP contribution in [0.1, 0.15) is 34.6 Å². The Kier molecular flexibility index (Phi) is 5.79. The summed E-state index contributed by atoms with van der Waals surface area (Å²) < 4.78 is 5.36. The first kappa shape index (κ1) is 15.2. The van der Waals surface area contributed by atoms with Crippen molar-refractivity contribution in [3.8, 4) is 0 Å². The lowest BCUT2D eigenvalue weighted by molar-refractivity contribution is 0.0168. The van der Waals surface area contributed by atoms with Crippen LogP contribution < -0.4 is 0 Å². The first-order valence-corrected chi connectivity index (χ1v) is 5.81. The van der Waals surface area contributed by atoms with Crippen molar-refractivity contribution in [2.75, 3.05) is 27.2 Å². The van der Waals surface area contributed by atoms with E-state index in [4.69, 9.17) is 4.74 Å². The van der Waals surface area contributed by atoms with E-state index in [1.54, 1.807) is 4.90 Å². The van der Waals surface area contributed by atoms with E-state index in [0.717, 1.165) is 6.54 Å². The van der Waals surface area contributed by atoms with Gasteiger partial charge in [0.1, 0.15) is 5.60 Å². The van der Waals surface area contributed by atoms with Crippen molar-refractivity contribution in [2.45, 2.75) is 46.3 Å². The summed E-state index contributed by atoms with van der Waals surface area (Å²) in [6, 6.07) is 0.162. The van der Waals surface area contributed by atoms with Crippen molar-refractivity contribution < 1.29 is 9.53 Å². The molecule has 16 heavy (non-hydrogen) atoms. The number of hydrogen-bond acceptors (Lipinski definition) is 3. The van der Waals surface area contributed by atoms with Gasteiger partial charge in [0.05, 0.1) is 0 Å². The second-order valence-electron chi connectivity index (χ2n) is 5.38. The van der Waals surface area contributed by atoms with Crippen LogP contribution in [0, 0.1) is 0 Å². The molecule has 4 heteroatoms. The van der Waals surface area contributed by atoms with E-state index in [9.17, 15) is 4.79 Å². The van der Waals surface area contributed by atoms with Gasteiger partial charge in [-0.3, -0.25) is 0 Å². The molecule has 0 N–H and O–H groups in total. The van der Waals surface area contributed by atoms with Gasteiger partial charge in [-0.15, -0.1) is 0 Å². The Balaban J connectivity index is 4.42. The third-order valence-electron chi connectivity index (χ3n) is 2.13. The number of nitrogens with zero attached hydrogens (tertiary/aromatic N) is 2. The predicted molar refractivity (Wildman–Crippen MR) is 66.6 cm³/mol. The average Bonchev–Trinajstić information content (AvgIpc) is 1.99. The third-order valence-corrected chi connectivity index (χ3v) is 2.13. The predicted octanol–water partition coefficient (Wildman–Crippen LogP) is 2.19. The molecule has 0 aromatic heterocycles. The molecule has 0 saturated carbocycles. The third kappa shape index (κ3) is 5.95. The summed E-state index contributed by atoms with van der Waals surface area (Å²) in [5.41, 5.74) is -0.428. The summed E-state index contributed by atoms with van der Waals surface area (Å²) in [5, 5.41) is 0. The molecule has 1 amide bonds. The Labute approximate surface area is 99.5 Å². The van der Waals surface area contributed by atoms with E-state index in [1.807, 2.05) is 48.7 Å². The van der Waals surface area contributed by atoms with Crippen LogP contribution in [0.5, 0.6) is 0 Å². The molecule has 0 aromatic rings. The Morgan fingerprint density at radius 1 is 1.31 bits per heavy atom. The van der Waals surface area contributed by atoms with Gasteiger partial charge in [-0.2, -0.15) is 0 Å². The minimum absolute atomic E-state index is 0.162. The molecular formula is C12H26N2O2. The summed E-state index contributed by atoms with van der Waals surface area (Å²) in [7, 11) is 4.00. The molecule has 0 spiro atoms. The van der Waals surface area contributed by atoms with Crippen LogP contribution in [0.25, 0.3) is 0 Å². The van der Waals surface area contributed by atoms with E-state index < -0.39 is 5.60 Å². The molecular weight excluding hydrogens is 204 g/mol. The van der Waals surface area contributed by atoms with Crippen molar-refractivity contribution in [3.05, 3.63) is 0 Å². The number of carbonyl (C=O) groups excluding carboxylic acids is 1. The fourth-order valence-electron chi connectivity index (χ4n) is 1.57. The van der Waals surface area contributed by atoms with Crippen LogP contribution in [0.3, 0.4) is 0 Å². The highest BCUT2D eigenvalue weighted by Crippen LogP contribution is 2.12. The first-order chi connectivity index (χ1) is 7.17. The molecule has 0 bridgehead atoms. The molecule has 0 radical (unpaired) electrons. The summed E-state index contributed by atoms with van der Waals surface area (Å²) in [5.74, 6) is 0. The van der Waals surface area contributed by atoms with Gasteiger partial charge >= 0.3 is 6.09 Å². The molecule has 96 valence electrons. The van der Waals surface area contributed by atoms with Crippen molar-refractivity contribution in [3.63, 3.8) is 0 Å². The zero-order valence-corrected chi connectivity index (χ0v) is 11.7. The molecule has 4 nitrogen and oxygen atoms in total. The van der Waals surface area contributed by atoms with E-state index in [-0.39, 0.29) is 12.1 Å². The van der Waals surface area contributed by atoms with Crippen molar-refractivity contribution in [1.29, 1.82) is 0 Å². The van der Waals surface area contributed by atoms with Gasteiger partial charge < -0.3 is 14.5 Å². The van der Waals surface area contributed by atoms with Gasteiger partial charge in [-0.25, -0.2) is 4.79 Å². The summed E-state index contributed by atoms with van der Waals surface area (Å²) >= 11 is 0. The second kappa shape index (κ2) is 6.09. The molecule has 0 heterocycles. The van der Waals surface area contributed by atoms with Crippen LogP contribution in [-0.4, -0.2) is 54.7 Å². The summed E-state index contributed by atoms with van der Waals surface area (Å²) in [4.78, 5) is 15.7. The van der Waals surface area contributed by atoms with Gasteiger partial charge in [0.15, 0.2) is 0 Å². The Morgan fingerprint density at radius 2 is 1.81 bits per heavy atom. The maximum Gasteiger partial charge on any atom is 0.410 e. The molecule has 1 atom stereocenters. The van der Waals surface area contributed by atoms with E-state index in [1.165, 1.54) is 0 Å². The minimum Gasteiger partial charge on any atom is -0.444 e. The highest BCUT2D eigenvalue weighted by Gasteiger charge is 2.24. The van der Waals surface area contributed by atoms with Crippen molar-refractivity contribution in [2.24, 2.45) is 0 Å². The quantitative estimate of drug-likeness (QED) is 0.742. The second-order valence-corrected chi connectivity index (χ2v) is 5.38. The number of hydrogen-bond donors (Lipinski definition) is 0. The number of carbonyl (C=O) groups is 1. The van der Waals surface area contributed by atoms with Gasteiger partial charge in [0.25, 0.3) is 0 Å². The van der Waals surface area contributed by atoms with Gasteiger partial charge in [-0.1, -0.05) is 0 Å². The highest BCUT2D eigenvalue weighted by molar-refractivity contribution is 5.68. The molecule has 0 fully saturated rings. The van der Waals surface area contributed by atoms with Crippen molar-refractivity contribution in [1.82, 2.24) is 9.80 Å². The van der Waals surface area contributed by atoms with Gasteiger partial charge in [0.2, 0.25) is 0 Å². The number of likely N-dealkylation sites (N-methyl/N-ethyl adjacent to an activating group) is 2. The number of ether oxygens (including phenoxy) is 1. The monoisotopic (exact) mass is 230 g/mol. The van der Waals surface area contributed by atoms with E-state index in [2.05, 4.69) is 4.90 Å². The summed E-state index contributed by atoms with van der Waals surface area (Å²) in [6.45, 7) is 11.2. The Morgan fingerprint density at radius 3 is 2.12 bits per heavy atom. The van der Waals surface area contributed by atoms with E-state index in [0.29, 0.717) is 6.54 Å². The summed E-state index contributed by atoms with van der Waals surface area (Å²) in [6.07, 6.45) is -0.232. The largest absolute Gasteiger partial charge is 0.444 e. The normalized spacial score (nSPS) is 13.8. The van der Waals surface area contributed by atoms with Crippen LogP contribution in [0.2, 0.25) is 0 Å². The van der Waals surface area contributed by atoms with Crippen LogP contribution >= 0.6 is 0 Å². The number of amides is 1. The van der Waals surface area contributed by atoms with Gasteiger partial charge in [-0.05, 0) is 48.7 Å². The molecule has 0 aliphatic carbocycles. The maximum absolute atomic E-state index is 11.9. The number of rotatable bonds is 4. The minimum atomic E-state index is -0.428. The lowest BCUT2D eigenvalue weighted by atomic mass is 10.2. The maximum atomic E-state index is 11.9.